The van der Waals surface area contributed by atoms with Crippen molar-refractivity contribution in [2.24, 2.45) is 0 Å². The third kappa shape index (κ3) is 3.97. The molecule has 21 heavy (non-hydrogen) atoms. The number of hydrogen-bond acceptors (Lipinski definition) is 3. The van der Waals surface area contributed by atoms with Gasteiger partial charge in [-0.25, -0.2) is 4.98 Å². The second-order valence-corrected chi connectivity index (χ2v) is 5.85. The average molecular weight is 284 g/mol. The van der Waals surface area contributed by atoms with Crippen molar-refractivity contribution in [1.82, 2.24) is 4.98 Å². The van der Waals surface area contributed by atoms with E-state index >= 15 is 0 Å². The number of nitrogens with zero attached hydrogens (tertiary/aromatic N) is 1. The highest BCUT2D eigenvalue weighted by atomic mass is 16.5. The van der Waals surface area contributed by atoms with Crippen LogP contribution in [0.25, 0.3) is 0 Å². The van der Waals surface area contributed by atoms with Gasteiger partial charge < -0.3 is 10.1 Å². The van der Waals surface area contributed by atoms with E-state index in [1.165, 1.54) is 5.56 Å². The molecule has 112 valence electrons. The number of anilines is 1. The van der Waals surface area contributed by atoms with Crippen LogP contribution in [-0.2, 0) is 12.0 Å². The summed E-state index contributed by atoms with van der Waals surface area (Å²) >= 11 is 0. The molecule has 2 rings (SSSR count). The maximum Gasteiger partial charge on any atom is 0.126 e. The molecule has 1 aromatic carbocycles. The van der Waals surface area contributed by atoms with Gasteiger partial charge in [-0.05, 0) is 47.2 Å². The molecule has 1 N–H and O–H groups in total. The fourth-order valence-electron chi connectivity index (χ4n) is 2.07. The van der Waals surface area contributed by atoms with Crippen molar-refractivity contribution in [3.05, 3.63) is 53.7 Å². The number of nitrogens with one attached hydrogen (secondary N) is 1. The molecule has 0 aliphatic heterocycles. The number of pyridine rings is 1. The predicted octanol–water partition coefficient (Wildman–Crippen LogP) is 4.39. The van der Waals surface area contributed by atoms with Crippen molar-refractivity contribution in [2.45, 2.75) is 39.2 Å². The lowest BCUT2D eigenvalue weighted by Gasteiger charge is -2.23. The van der Waals surface area contributed by atoms with Crippen molar-refractivity contribution >= 4 is 5.82 Å². The summed E-state index contributed by atoms with van der Waals surface area (Å²) < 4.78 is 5.84. The summed E-state index contributed by atoms with van der Waals surface area (Å²) in [5, 5.41) is 3.03. The summed E-state index contributed by atoms with van der Waals surface area (Å²) in [6.07, 6.45) is 2.91. The smallest absolute Gasteiger partial charge is 0.126 e. The Morgan fingerprint density at radius 3 is 2.48 bits per heavy atom. The first-order valence-corrected chi connectivity index (χ1v) is 7.41. The van der Waals surface area contributed by atoms with Crippen molar-refractivity contribution in [3.8, 4) is 5.75 Å². The SMILES string of the molecule is CCC(C)(C)c1ccc(OCc2ccnc(NC)c2)cc1. The van der Waals surface area contributed by atoms with Gasteiger partial charge in [0, 0.05) is 13.2 Å². The van der Waals surface area contributed by atoms with Crippen molar-refractivity contribution in [2.75, 3.05) is 12.4 Å². The van der Waals surface area contributed by atoms with Crippen LogP contribution in [0.4, 0.5) is 5.82 Å². The normalized spacial score (nSPS) is 11.2. The maximum absolute atomic E-state index is 5.84. The monoisotopic (exact) mass is 284 g/mol. The fraction of sp³-hybridized carbons (Fsp3) is 0.389. The molecule has 2 aromatic rings. The topological polar surface area (TPSA) is 34.1 Å². The van der Waals surface area contributed by atoms with E-state index in [-0.39, 0.29) is 5.41 Å². The summed E-state index contributed by atoms with van der Waals surface area (Å²) in [6.45, 7) is 7.29. The molecule has 3 nitrogen and oxygen atoms in total. The predicted molar refractivity (Wildman–Crippen MR) is 87.9 cm³/mol. The molecule has 1 aromatic heterocycles. The van der Waals surface area contributed by atoms with E-state index in [0.717, 1.165) is 23.6 Å². The van der Waals surface area contributed by atoms with Crippen LogP contribution in [0.2, 0.25) is 0 Å². The van der Waals surface area contributed by atoms with E-state index in [2.05, 4.69) is 43.2 Å². The quantitative estimate of drug-likeness (QED) is 0.854. The summed E-state index contributed by atoms with van der Waals surface area (Å²) in [5.74, 6) is 1.75. The van der Waals surface area contributed by atoms with Gasteiger partial charge in [0.05, 0.1) is 0 Å². The maximum atomic E-state index is 5.84. The van der Waals surface area contributed by atoms with Gasteiger partial charge >= 0.3 is 0 Å². The molecule has 0 unspecified atom stereocenters. The first-order chi connectivity index (χ1) is 10.0. The zero-order valence-corrected chi connectivity index (χ0v) is 13.3. The molecule has 0 aliphatic rings. The highest BCUT2D eigenvalue weighted by Gasteiger charge is 2.17. The van der Waals surface area contributed by atoms with Gasteiger partial charge in [0.1, 0.15) is 18.2 Å². The molecule has 0 radical (unpaired) electrons. The Hall–Kier alpha value is -2.03. The summed E-state index contributed by atoms with van der Waals surface area (Å²) in [4.78, 5) is 4.19. The van der Waals surface area contributed by atoms with E-state index in [9.17, 15) is 0 Å². The highest BCUT2D eigenvalue weighted by Crippen LogP contribution is 2.28. The number of rotatable bonds is 6. The minimum absolute atomic E-state index is 0.214. The van der Waals surface area contributed by atoms with Crippen LogP contribution in [0.1, 0.15) is 38.3 Å². The molecule has 0 bridgehead atoms. The first-order valence-electron chi connectivity index (χ1n) is 7.41. The summed E-state index contributed by atoms with van der Waals surface area (Å²) in [5.41, 5.74) is 2.66. The Labute approximate surface area is 127 Å². The second-order valence-electron chi connectivity index (χ2n) is 5.85. The summed E-state index contributed by atoms with van der Waals surface area (Å²) in [6, 6.07) is 12.4. The van der Waals surface area contributed by atoms with E-state index in [0.29, 0.717) is 6.61 Å². The Bertz CT molecular complexity index is 576. The van der Waals surface area contributed by atoms with Crippen LogP contribution in [0, 0.1) is 0 Å². The lowest BCUT2D eigenvalue weighted by Crippen LogP contribution is -2.15. The second kappa shape index (κ2) is 6.61. The molecule has 0 saturated heterocycles. The largest absolute Gasteiger partial charge is 0.489 e. The van der Waals surface area contributed by atoms with Gasteiger partial charge in [0.15, 0.2) is 0 Å². The van der Waals surface area contributed by atoms with Crippen LogP contribution in [0.3, 0.4) is 0 Å². The number of hydrogen-bond donors (Lipinski definition) is 1. The molecule has 0 fully saturated rings. The van der Waals surface area contributed by atoms with Gasteiger partial charge in [0.25, 0.3) is 0 Å². The van der Waals surface area contributed by atoms with E-state index in [1.807, 2.05) is 31.3 Å². The Morgan fingerprint density at radius 2 is 1.86 bits per heavy atom. The van der Waals surface area contributed by atoms with Gasteiger partial charge in [0.2, 0.25) is 0 Å². The van der Waals surface area contributed by atoms with Gasteiger partial charge in [-0.3, -0.25) is 0 Å². The first kappa shape index (κ1) is 15.4. The van der Waals surface area contributed by atoms with Gasteiger partial charge in [-0.2, -0.15) is 0 Å². The van der Waals surface area contributed by atoms with Crippen LogP contribution in [0.15, 0.2) is 42.6 Å². The van der Waals surface area contributed by atoms with Crippen molar-refractivity contribution < 1.29 is 4.74 Å². The molecule has 0 amide bonds. The van der Waals surface area contributed by atoms with E-state index in [4.69, 9.17) is 4.74 Å². The molecule has 0 atom stereocenters. The van der Waals surface area contributed by atoms with Gasteiger partial charge in [-0.15, -0.1) is 0 Å². The van der Waals surface area contributed by atoms with Crippen LogP contribution in [-0.4, -0.2) is 12.0 Å². The number of benzene rings is 1. The highest BCUT2D eigenvalue weighted by molar-refractivity contribution is 5.37. The Morgan fingerprint density at radius 1 is 1.14 bits per heavy atom. The van der Waals surface area contributed by atoms with Crippen LogP contribution in [0.5, 0.6) is 5.75 Å². The Kier molecular flexibility index (Phi) is 4.84. The number of ether oxygens (including phenoxy) is 1. The van der Waals surface area contributed by atoms with E-state index in [1.54, 1.807) is 6.20 Å². The van der Waals surface area contributed by atoms with Crippen molar-refractivity contribution in [1.29, 1.82) is 0 Å². The molecule has 3 heteroatoms. The molecular formula is C18H24N2O. The third-order valence-corrected chi connectivity index (χ3v) is 4.01. The zero-order chi connectivity index (χ0) is 15.3. The molecule has 0 saturated carbocycles. The lowest BCUT2D eigenvalue weighted by atomic mass is 9.82. The van der Waals surface area contributed by atoms with Crippen LogP contribution >= 0.6 is 0 Å². The van der Waals surface area contributed by atoms with Crippen molar-refractivity contribution in [3.63, 3.8) is 0 Å². The minimum atomic E-state index is 0.214. The Balaban J connectivity index is 2.00. The lowest BCUT2D eigenvalue weighted by molar-refractivity contribution is 0.306. The minimum Gasteiger partial charge on any atom is -0.489 e. The fourth-order valence-corrected chi connectivity index (χ4v) is 2.07. The number of aromatic nitrogens is 1. The molecular weight excluding hydrogens is 260 g/mol. The standard InChI is InChI=1S/C18H24N2O/c1-5-18(2,3)15-6-8-16(9-7-15)21-13-14-10-11-20-17(12-14)19-4/h6-12H,5,13H2,1-4H3,(H,19,20). The molecule has 0 spiro atoms. The van der Waals surface area contributed by atoms with Gasteiger partial charge in [-0.1, -0.05) is 32.9 Å². The van der Waals surface area contributed by atoms with E-state index < -0.39 is 0 Å². The van der Waals surface area contributed by atoms with Crippen LogP contribution < -0.4 is 10.1 Å². The third-order valence-electron chi connectivity index (χ3n) is 4.01. The average Bonchev–Trinajstić information content (AvgIpc) is 2.53. The zero-order valence-electron chi connectivity index (χ0n) is 13.3. The molecule has 0 aliphatic carbocycles. The molecule has 1 heterocycles. The summed E-state index contributed by atoms with van der Waals surface area (Å²) in [7, 11) is 1.86.